The molecule has 0 heterocycles. The average molecular weight is 374 g/mol. The fourth-order valence-electron chi connectivity index (χ4n) is 2.36. The number of hydrazine groups is 1. The van der Waals surface area contributed by atoms with Gasteiger partial charge in [-0.1, -0.05) is 35.9 Å². The van der Waals surface area contributed by atoms with E-state index in [1.54, 1.807) is 6.07 Å². The molecule has 6 heteroatoms. The number of halogens is 2. The van der Waals surface area contributed by atoms with Gasteiger partial charge in [0.2, 0.25) is 0 Å². The summed E-state index contributed by atoms with van der Waals surface area (Å²) in [7, 11) is 0. The van der Waals surface area contributed by atoms with Crippen molar-refractivity contribution in [2.45, 2.75) is 11.8 Å². The summed E-state index contributed by atoms with van der Waals surface area (Å²) in [6.07, 6.45) is 0. The van der Waals surface area contributed by atoms with Crippen molar-refractivity contribution in [1.82, 2.24) is 0 Å². The number of benzene rings is 3. The first-order chi connectivity index (χ1) is 12.1. The number of aryl methyl sites for hydroxylation is 1. The fourth-order valence-corrected chi connectivity index (χ4v) is 3.31. The van der Waals surface area contributed by atoms with E-state index < -0.39 is 0 Å². The van der Waals surface area contributed by atoms with Crippen LogP contribution in [0.2, 0.25) is 5.02 Å². The minimum atomic E-state index is -0.306. The molecule has 3 aromatic rings. The molecule has 128 valence electrons. The standard InChI is InChI=1S/C19H17ClFN3S/c1-12-2-3-14(10-18(12)23-22)13-4-7-16(8-5-13)24-25-19-11-15(20)6-9-17(19)21/h2-11,23-24H,22H2,1H3. The minimum absolute atomic E-state index is 0.306. The predicted molar refractivity (Wildman–Crippen MR) is 105 cm³/mol. The molecule has 0 aliphatic carbocycles. The van der Waals surface area contributed by atoms with E-state index in [0.717, 1.165) is 28.1 Å². The topological polar surface area (TPSA) is 50.1 Å². The zero-order valence-electron chi connectivity index (χ0n) is 13.5. The minimum Gasteiger partial charge on any atom is -0.326 e. The zero-order valence-corrected chi connectivity index (χ0v) is 15.1. The lowest BCUT2D eigenvalue weighted by molar-refractivity contribution is 0.602. The molecule has 3 rings (SSSR count). The Hall–Kier alpha value is -2.21. The van der Waals surface area contributed by atoms with Gasteiger partial charge >= 0.3 is 0 Å². The summed E-state index contributed by atoms with van der Waals surface area (Å²) in [5.41, 5.74) is 7.70. The Morgan fingerprint density at radius 2 is 1.68 bits per heavy atom. The van der Waals surface area contributed by atoms with Crippen LogP contribution in [0, 0.1) is 12.7 Å². The maximum Gasteiger partial charge on any atom is 0.138 e. The van der Waals surface area contributed by atoms with Crippen molar-refractivity contribution in [1.29, 1.82) is 0 Å². The van der Waals surface area contributed by atoms with E-state index in [9.17, 15) is 4.39 Å². The largest absolute Gasteiger partial charge is 0.326 e. The summed E-state index contributed by atoms with van der Waals surface area (Å²) in [6.45, 7) is 2.00. The van der Waals surface area contributed by atoms with Crippen LogP contribution in [0.15, 0.2) is 65.6 Å². The number of rotatable bonds is 5. The molecule has 0 fully saturated rings. The van der Waals surface area contributed by atoms with Gasteiger partial charge in [0.1, 0.15) is 5.82 Å². The van der Waals surface area contributed by atoms with E-state index in [1.165, 1.54) is 24.1 Å². The maximum atomic E-state index is 13.7. The predicted octanol–water partition coefficient (Wildman–Crippen LogP) is 5.86. The van der Waals surface area contributed by atoms with E-state index in [2.05, 4.69) is 16.2 Å². The van der Waals surface area contributed by atoms with Gasteiger partial charge in [-0.3, -0.25) is 5.84 Å². The number of nitrogen functional groups attached to an aromatic ring is 1. The van der Waals surface area contributed by atoms with Crippen LogP contribution < -0.4 is 16.0 Å². The van der Waals surface area contributed by atoms with Crippen molar-refractivity contribution in [2.24, 2.45) is 5.84 Å². The van der Waals surface area contributed by atoms with Crippen LogP contribution in [0.4, 0.5) is 15.8 Å². The van der Waals surface area contributed by atoms with E-state index in [0.29, 0.717) is 9.92 Å². The summed E-state index contributed by atoms with van der Waals surface area (Å²) < 4.78 is 16.9. The number of anilines is 2. The van der Waals surface area contributed by atoms with Crippen LogP contribution >= 0.6 is 23.5 Å². The van der Waals surface area contributed by atoms with Crippen LogP contribution in [-0.4, -0.2) is 0 Å². The molecule has 0 bridgehead atoms. The van der Waals surface area contributed by atoms with Crippen molar-refractivity contribution in [2.75, 3.05) is 10.1 Å². The first-order valence-corrected chi connectivity index (χ1v) is 8.82. The molecule has 0 aromatic heterocycles. The van der Waals surface area contributed by atoms with E-state index in [1.807, 2.05) is 43.3 Å². The maximum absolute atomic E-state index is 13.7. The second-order valence-corrected chi connectivity index (χ2v) is 6.81. The molecular weight excluding hydrogens is 357 g/mol. The third-order valence-corrected chi connectivity index (χ3v) is 4.89. The van der Waals surface area contributed by atoms with Gasteiger partial charge in [0.05, 0.1) is 10.6 Å². The molecule has 4 N–H and O–H groups in total. The van der Waals surface area contributed by atoms with Gasteiger partial charge in [-0.2, -0.15) is 0 Å². The molecule has 0 spiro atoms. The van der Waals surface area contributed by atoms with E-state index >= 15 is 0 Å². The van der Waals surface area contributed by atoms with Crippen molar-refractivity contribution in [3.05, 3.63) is 77.1 Å². The Morgan fingerprint density at radius 1 is 0.960 bits per heavy atom. The molecule has 3 aromatic carbocycles. The van der Waals surface area contributed by atoms with Crippen molar-refractivity contribution in [3.63, 3.8) is 0 Å². The second-order valence-electron chi connectivity index (χ2n) is 5.53. The van der Waals surface area contributed by atoms with Crippen molar-refractivity contribution in [3.8, 4) is 11.1 Å². The molecule has 0 amide bonds. The highest BCUT2D eigenvalue weighted by atomic mass is 35.5. The van der Waals surface area contributed by atoms with Crippen LogP contribution in [-0.2, 0) is 0 Å². The van der Waals surface area contributed by atoms with Crippen LogP contribution in [0.3, 0.4) is 0 Å². The molecule has 0 unspecified atom stereocenters. The highest BCUT2D eigenvalue weighted by molar-refractivity contribution is 8.00. The molecular formula is C19H17ClFN3S. The Balaban J connectivity index is 1.73. The van der Waals surface area contributed by atoms with Gasteiger partial charge in [-0.15, -0.1) is 0 Å². The van der Waals surface area contributed by atoms with Gasteiger partial charge in [-0.05, 0) is 72.0 Å². The highest BCUT2D eigenvalue weighted by Crippen LogP contribution is 2.29. The quantitative estimate of drug-likeness (QED) is 0.298. The summed E-state index contributed by atoms with van der Waals surface area (Å²) in [4.78, 5) is 0.453. The molecule has 3 nitrogen and oxygen atoms in total. The van der Waals surface area contributed by atoms with Crippen LogP contribution in [0.5, 0.6) is 0 Å². The van der Waals surface area contributed by atoms with E-state index in [-0.39, 0.29) is 5.82 Å². The first-order valence-electron chi connectivity index (χ1n) is 7.62. The summed E-state index contributed by atoms with van der Waals surface area (Å²) in [5.74, 6) is 5.23. The average Bonchev–Trinajstić information content (AvgIpc) is 2.63. The molecule has 0 aliphatic heterocycles. The fraction of sp³-hybridized carbons (Fsp3) is 0.0526. The SMILES string of the molecule is Cc1ccc(-c2ccc(NSc3cc(Cl)ccc3F)cc2)cc1NN. The molecule has 0 aliphatic rings. The van der Waals surface area contributed by atoms with Gasteiger partial charge in [0.25, 0.3) is 0 Å². The Morgan fingerprint density at radius 3 is 2.40 bits per heavy atom. The van der Waals surface area contributed by atoms with Gasteiger partial charge in [0, 0.05) is 10.7 Å². The normalized spacial score (nSPS) is 10.6. The monoisotopic (exact) mass is 373 g/mol. The number of nitrogens with one attached hydrogen (secondary N) is 2. The first kappa shape index (κ1) is 17.6. The lowest BCUT2D eigenvalue weighted by atomic mass is 10.0. The number of nitrogens with two attached hydrogens (primary N) is 1. The summed E-state index contributed by atoms with van der Waals surface area (Å²) in [6, 6.07) is 18.5. The van der Waals surface area contributed by atoms with Gasteiger partial charge < -0.3 is 10.1 Å². The van der Waals surface area contributed by atoms with Crippen LogP contribution in [0.1, 0.15) is 5.56 Å². The number of hydrogen-bond donors (Lipinski definition) is 3. The molecule has 25 heavy (non-hydrogen) atoms. The third-order valence-electron chi connectivity index (χ3n) is 3.78. The smallest absolute Gasteiger partial charge is 0.138 e. The lowest BCUT2D eigenvalue weighted by Crippen LogP contribution is -2.08. The molecule has 0 atom stereocenters. The molecule has 0 radical (unpaired) electrons. The van der Waals surface area contributed by atoms with Gasteiger partial charge in [-0.25, -0.2) is 4.39 Å². The third kappa shape index (κ3) is 4.25. The van der Waals surface area contributed by atoms with Crippen LogP contribution in [0.25, 0.3) is 11.1 Å². The number of hydrogen-bond acceptors (Lipinski definition) is 4. The zero-order chi connectivity index (χ0) is 17.8. The summed E-state index contributed by atoms with van der Waals surface area (Å²) in [5, 5.41) is 0.504. The summed E-state index contributed by atoms with van der Waals surface area (Å²) >= 11 is 7.09. The Kier molecular flexibility index (Phi) is 5.48. The van der Waals surface area contributed by atoms with Gasteiger partial charge in [0.15, 0.2) is 0 Å². The Bertz CT molecular complexity index is 884. The Labute approximate surface area is 155 Å². The van der Waals surface area contributed by atoms with Crippen molar-refractivity contribution >= 4 is 34.9 Å². The second kappa shape index (κ2) is 7.78. The van der Waals surface area contributed by atoms with Crippen molar-refractivity contribution < 1.29 is 4.39 Å². The van der Waals surface area contributed by atoms with E-state index in [4.69, 9.17) is 17.4 Å². The molecule has 0 saturated heterocycles. The molecule has 0 saturated carbocycles. The lowest BCUT2D eigenvalue weighted by Gasteiger charge is -2.10. The highest BCUT2D eigenvalue weighted by Gasteiger charge is 2.05.